The number of hydrazine groups is 1. The Morgan fingerprint density at radius 3 is 2.60 bits per heavy atom. The fraction of sp³-hybridized carbons (Fsp3) is 0.294. The minimum Gasteiger partial charge on any atom is -0.271 e. The molecule has 2 rings (SSSR count). The number of nitrogens with two attached hydrogens (primary N) is 1. The molecule has 1 unspecified atom stereocenters. The largest absolute Gasteiger partial charge is 0.271 e. The predicted molar refractivity (Wildman–Crippen MR) is 87.8 cm³/mol. The maximum absolute atomic E-state index is 5.67. The van der Waals surface area contributed by atoms with Crippen LogP contribution in [0.5, 0.6) is 0 Å². The number of rotatable bonds is 7. The van der Waals surface area contributed by atoms with Crippen LogP contribution in [0.1, 0.15) is 17.5 Å². The van der Waals surface area contributed by atoms with Gasteiger partial charge < -0.3 is 0 Å². The van der Waals surface area contributed by atoms with E-state index in [1.807, 2.05) is 11.8 Å². The average molecular weight is 286 g/mol. The molecule has 3 heteroatoms. The number of hydrogen-bond donors (Lipinski definition) is 2. The molecule has 0 saturated carbocycles. The molecule has 2 aromatic rings. The van der Waals surface area contributed by atoms with Gasteiger partial charge in [0.15, 0.2) is 0 Å². The van der Waals surface area contributed by atoms with E-state index in [1.165, 1.54) is 16.0 Å². The highest BCUT2D eigenvalue weighted by Crippen LogP contribution is 2.20. The van der Waals surface area contributed by atoms with E-state index in [0.29, 0.717) is 6.04 Å². The van der Waals surface area contributed by atoms with Crippen LogP contribution in [0.2, 0.25) is 0 Å². The van der Waals surface area contributed by atoms with Crippen molar-refractivity contribution in [3.63, 3.8) is 0 Å². The lowest BCUT2D eigenvalue weighted by atomic mass is 10.1. The molecule has 0 fully saturated rings. The quantitative estimate of drug-likeness (QED) is 0.464. The molecule has 0 heterocycles. The lowest BCUT2D eigenvalue weighted by Gasteiger charge is -2.15. The molecule has 0 aliphatic heterocycles. The highest BCUT2D eigenvalue weighted by Gasteiger charge is 2.07. The second kappa shape index (κ2) is 8.10. The first kappa shape index (κ1) is 15.1. The summed E-state index contributed by atoms with van der Waals surface area (Å²) >= 11 is 1.86. The van der Waals surface area contributed by atoms with Crippen molar-refractivity contribution in [2.75, 3.05) is 5.75 Å². The van der Waals surface area contributed by atoms with Crippen molar-refractivity contribution < 1.29 is 0 Å². The van der Waals surface area contributed by atoms with E-state index in [0.717, 1.165) is 18.6 Å². The lowest BCUT2D eigenvalue weighted by molar-refractivity contribution is 0.539. The zero-order valence-electron chi connectivity index (χ0n) is 11.9. The van der Waals surface area contributed by atoms with Gasteiger partial charge in [-0.15, -0.1) is 11.8 Å². The first-order valence-electron chi connectivity index (χ1n) is 6.97. The molecule has 0 amide bonds. The normalized spacial score (nSPS) is 12.3. The van der Waals surface area contributed by atoms with Crippen LogP contribution in [0, 0.1) is 6.92 Å². The summed E-state index contributed by atoms with van der Waals surface area (Å²) in [6.07, 6.45) is 2.11. The van der Waals surface area contributed by atoms with E-state index in [4.69, 9.17) is 5.84 Å². The molecule has 2 nitrogen and oxygen atoms in total. The van der Waals surface area contributed by atoms with Crippen LogP contribution < -0.4 is 11.3 Å². The van der Waals surface area contributed by atoms with Gasteiger partial charge in [0.05, 0.1) is 0 Å². The van der Waals surface area contributed by atoms with Crippen LogP contribution in [0.15, 0.2) is 59.5 Å². The summed E-state index contributed by atoms with van der Waals surface area (Å²) in [5.41, 5.74) is 5.61. The third-order valence-electron chi connectivity index (χ3n) is 3.30. The lowest BCUT2D eigenvalue weighted by Crippen LogP contribution is -2.37. The molecule has 0 radical (unpaired) electrons. The van der Waals surface area contributed by atoms with Crippen molar-refractivity contribution in [2.24, 2.45) is 5.84 Å². The van der Waals surface area contributed by atoms with E-state index in [2.05, 4.69) is 66.9 Å². The summed E-state index contributed by atoms with van der Waals surface area (Å²) in [5.74, 6) is 6.66. The van der Waals surface area contributed by atoms with Gasteiger partial charge >= 0.3 is 0 Å². The fourth-order valence-corrected chi connectivity index (χ4v) is 3.20. The molecule has 1 atom stereocenters. The Bertz CT molecular complexity index is 513. The van der Waals surface area contributed by atoms with Crippen molar-refractivity contribution in [3.05, 3.63) is 65.7 Å². The topological polar surface area (TPSA) is 38.0 Å². The van der Waals surface area contributed by atoms with Gasteiger partial charge in [-0.2, -0.15) is 0 Å². The van der Waals surface area contributed by atoms with Gasteiger partial charge in [0, 0.05) is 16.7 Å². The second-order valence-electron chi connectivity index (χ2n) is 5.02. The summed E-state index contributed by atoms with van der Waals surface area (Å²) in [4.78, 5) is 1.31. The number of thioether (sulfide) groups is 1. The van der Waals surface area contributed by atoms with Gasteiger partial charge in [-0.25, -0.2) is 0 Å². The Morgan fingerprint density at radius 1 is 1.10 bits per heavy atom. The maximum Gasteiger partial charge on any atom is 0.0307 e. The van der Waals surface area contributed by atoms with Crippen LogP contribution in [0.25, 0.3) is 0 Å². The van der Waals surface area contributed by atoms with E-state index < -0.39 is 0 Å². The molecule has 106 valence electrons. The molecule has 2 aromatic carbocycles. The van der Waals surface area contributed by atoms with Gasteiger partial charge in [0.25, 0.3) is 0 Å². The van der Waals surface area contributed by atoms with Gasteiger partial charge in [0.2, 0.25) is 0 Å². The van der Waals surface area contributed by atoms with Crippen LogP contribution in [-0.2, 0) is 6.42 Å². The molecule has 0 bridgehead atoms. The molecule has 20 heavy (non-hydrogen) atoms. The smallest absolute Gasteiger partial charge is 0.0307 e. The molecular formula is C17H22N2S. The Labute approximate surface area is 125 Å². The Kier molecular flexibility index (Phi) is 6.12. The van der Waals surface area contributed by atoms with Crippen molar-refractivity contribution in [3.8, 4) is 0 Å². The standard InChI is InChI=1S/C17H22N2S/c1-14-6-5-9-17(12-14)20-13-16(19-18)11-10-15-7-3-2-4-8-15/h2-9,12,16,19H,10-11,13,18H2,1H3. The van der Waals surface area contributed by atoms with Crippen molar-refractivity contribution in [1.29, 1.82) is 0 Å². The number of benzene rings is 2. The molecule has 0 saturated heterocycles. The van der Waals surface area contributed by atoms with Gasteiger partial charge in [-0.3, -0.25) is 11.3 Å². The van der Waals surface area contributed by atoms with Crippen LogP contribution >= 0.6 is 11.8 Å². The number of nitrogens with one attached hydrogen (secondary N) is 1. The summed E-state index contributed by atoms with van der Waals surface area (Å²) in [5, 5.41) is 0. The minimum atomic E-state index is 0.334. The minimum absolute atomic E-state index is 0.334. The fourth-order valence-electron chi connectivity index (χ4n) is 2.10. The Hall–Kier alpha value is -1.29. The van der Waals surface area contributed by atoms with Crippen molar-refractivity contribution in [2.45, 2.75) is 30.7 Å². The number of hydrogen-bond acceptors (Lipinski definition) is 3. The molecule has 0 aromatic heterocycles. The zero-order chi connectivity index (χ0) is 14.2. The molecular weight excluding hydrogens is 264 g/mol. The molecule has 3 N–H and O–H groups in total. The van der Waals surface area contributed by atoms with E-state index in [1.54, 1.807) is 0 Å². The van der Waals surface area contributed by atoms with E-state index in [-0.39, 0.29) is 0 Å². The summed E-state index contributed by atoms with van der Waals surface area (Å²) in [6, 6.07) is 19.5. The average Bonchev–Trinajstić information content (AvgIpc) is 2.48. The van der Waals surface area contributed by atoms with Crippen LogP contribution in [0.3, 0.4) is 0 Å². The third-order valence-corrected chi connectivity index (χ3v) is 4.46. The number of aryl methyl sites for hydroxylation is 2. The van der Waals surface area contributed by atoms with E-state index in [9.17, 15) is 0 Å². The Morgan fingerprint density at radius 2 is 1.90 bits per heavy atom. The van der Waals surface area contributed by atoms with Crippen molar-refractivity contribution >= 4 is 11.8 Å². The zero-order valence-corrected chi connectivity index (χ0v) is 12.7. The molecule has 0 spiro atoms. The van der Waals surface area contributed by atoms with Gasteiger partial charge in [-0.1, -0.05) is 48.0 Å². The van der Waals surface area contributed by atoms with Gasteiger partial charge in [-0.05, 0) is 37.5 Å². The second-order valence-corrected chi connectivity index (χ2v) is 6.11. The first-order chi connectivity index (χ1) is 9.78. The van der Waals surface area contributed by atoms with Crippen LogP contribution in [-0.4, -0.2) is 11.8 Å². The predicted octanol–water partition coefficient (Wildman–Crippen LogP) is 3.55. The first-order valence-corrected chi connectivity index (χ1v) is 7.96. The van der Waals surface area contributed by atoms with Crippen molar-refractivity contribution in [1.82, 2.24) is 5.43 Å². The third kappa shape index (κ3) is 5.00. The SMILES string of the molecule is Cc1cccc(SCC(CCc2ccccc2)NN)c1. The summed E-state index contributed by atoms with van der Waals surface area (Å²) < 4.78 is 0. The maximum atomic E-state index is 5.67. The Balaban J connectivity index is 1.80. The van der Waals surface area contributed by atoms with E-state index >= 15 is 0 Å². The summed E-state index contributed by atoms with van der Waals surface area (Å²) in [6.45, 7) is 2.12. The van der Waals surface area contributed by atoms with Gasteiger partial charge in [0.1, 0.15) is 0 Å². The summed E-state index contributed by atoms with van der Waals surface area (Å²) in [7, 11) is 0. The molecule has 0 aliphatic rings. The monoisotopic (exact) mass is 286 g/mol. The van der Waals surface area contributed by atoms with Crippen LogP contribution in [0.4, 0.5) is 0 Å². The highest BCUT2D eigenvalue weighted by molar-refractivity contribution is 7.99. The highest BCUT2D eigenvalue weighted by atomic mass is 32.2. The molecule has 0 aliphatic carbocycles.